The first-order valence-corrected chi connectivity index (χ1v) is 21.6. The van der Waals surface area contributed by atoms with Gasteiger partial charge in [-0.2, -0.15) is 10.5 Å². The third-order valence-electron chi connectivity index (χ3n) is 12.3. The minimum Gasteiger partial charge on any atom is -0.494 e. The van der Waals surface area contributed by atoms with Gasteiger partial charge in [0.25, 0.3) is 23.6 Å². The van der Waals surface area contributed by atoms with Gasteiger partial charge in [0.15, 0.2) is 0 Å². The molecule has 0 fully saturated rings. The highest BCUT2D eigenvalue weighted by atomic mass is 16.5. The summed E-state index contributed by atoms with van der Waals surface area (Å²) in [5.41, 5.74) is 1.95. The fourth-order valence-corrected chi connectivity index (χ4v) is 9.29. The van der Waals surface area contributed by atoms with Crippen LogP contribution in [0.1, 0.15) is 131 Å². The van der Waals surface area contributed by atoms with Crippen molar-refractivity contribution < 1.29 is 28.7 Å². The van der Waals surface area contributed by atoms with Crippen molar-refractivity contribution in [2.75, 3.05) is 23.0 Å². The summed E-state index contributed by atoms with van der Waals surface area (Å²) in [6.07, 6.45) is 11.1. The Hall–Kier alpha value is -7.30. The SMILES string of the molecule is CCCCCCCOc1ccc(N2C(=O)c3ccc4c5c(C#N)cc6c7c(cc(C#N)c(c8ccc(c3c48)C2=O)c75)C(=O)N(c2ccc(OCCCCCCC)cc2)C6=O)cc1. The zero-order valence-electron chi connectivity index (χ0n) is 34.8. The molecule has 10 nitrogen and oxygen atoms in total. The van der Waals surface area contributed by atoms with Gasteiger partial charge in [-0.3, -0.25) is 19.2 Å². The summed E-state index contributed by atoms with van der Waals surface area (Å²) in [5, 5.41) is 25.2. The van der Waals surface area contributed by atoms with Gasteiger partial charge in [-0.1, -0.05) is 77.3 Å². The fraction of sp³-hybridized carbons (Fsp3) is 0.269. The van der Waals surface area contributed by atoms with Crippen molar-refractivity contribution in [3.05, 3.63) is 118 Å². The molecule has 0 radical (unpaired) electrons. The van der Waals surface area contributed by atoms with Crippen molar-refractivity contribution in [2.45, 2.75) is 78.1 Å². The van der Waals surface area contributed by atoms with Crippen molar-refractivity contribution in [2.24, 2.45) is 0 Å². The van der Waals surface area contributed by atoms with Crippen LogP contribution in [0.4, 0.5) is 11.4 Å². The lowest BCUT2D eigenvalue weighted by Crippen LogP contribution is -2.40. The Morgan fingerprint density at radius 2 is 0.823 bits per heavy atom. The highest BCUT2D eigenvalue weighted by molar-refractivity contribution is 6.46. The van der Waals surface area contributed by atoms with E-state index in [-0.39, 0.29) is 22.3 Å². The third kappa shape index (κ3) is 6.55. The van der Waals surface area contributed by atoms with Crippen LogP contribution in [-0.2, 0) is 0 Å². The number of fused-ring (bicyclic) bond motifs is 2. The number of anilines is 2. The van der Waals surface area contributed by atoms with Gasteiger partial charge in [-0.15, -0.1) is 0 Å². The van der Waals surface area contributed by atoms with E-state index in [4.69, 9.17) is 9.47 Å². The average Bonchev–Trinajstić information content (AvgIpc) is 3.29. The van der Waals surface area contributed by atoms with E-state index in [1.54, 1.807) is 72.8 Å². The Bertz CT molecular complexity index is 2910. The Labute approximate surface area is 359 Å². The number of imide groups is 2. The standard InChI is InChI=1S/C52H44N4O6/c1-3-5-7-9-11-25-61-35-17-13-33(14-18-35)55-49(57)39-23-21-37-43-31(29-53)27-41-47-42(28-32(30-54)44(48(43)47)38-22-24-40(50(55)58)46(39)45(37)38)52(60)56(51(41)59)34-15-19-36(20-16-34)62-26-12-10-8-6-4-2/h13-24,27-28H,3-12,25-26H2,1-2H3. The van der Waals surface area contributed by atoms with Crippen LogP contribution in [0, 0.1) is 22.7 Å². The molecule has 0 bridgehead atoms. The van der Waals surface area contributed by atoms with Crippen molar-refractivity contribution in [3.8, 4) is 23.6 Å². The van der Waals surface area contributed by atoms with Crippen LogP contribution in [0.3, 0.4) is 0 Å². The van der Waals surface area contributed by atoms with Gasteiger partial charge in [0, 0.05) is 38.1 Å². The number of carbonyl (C=O) groups excluding carboxylic acids is 4. The van der Waals surface area contributed by atoms with Crippen molar-refractivity contribution >= 4 is 78.1 Å². The van der Waals surface area contributed by atoms with Gasteiger partial charge >= 0.3 is 0 Å². The quantitative estimate of drug-likeness (QED) is 0.0406. The van der Waals surface area contributed by atoms with Crippen molar-refractivity contribution in [3.63, 3.8) is 0 Å². The highest BCUT2D eigenvalue weighted by Crippen LogP contribution is 2.49. The number of nitriles is 2. The molecular formula is C52H44N4O6. The van der Waals surface area contributed by atoms with Crippen LogP contribution in [-0.4, -0.2) is 36.8 Å². The second-order valence-electron chi connectivity index (χ2n) is 16.1. The van der Waals surface area contributed by atoms with E-state index in [2.05, 4.69) is 26.0 Å². The largest absolute Gasteiger partial charge is 0.494 e. The zero-order valence-corrected chi connectivity index (χ0v) is 34.8. The van der Waals surface area contributed by atoms with Crippen LogP contribution in [0.5, 0.6) is 11.5 Å². The number of nitrogens with zero attached hydrogens (tertiary/aromatic N) is 4. The second-order valence-corrected chi connectivity index (χ2v) is 16.1. The Morgan fingerprint density at radius 3 is 1.23 bits per heavy atom. The molecule has 7 aromatic rings. The van der Waals surface area contributed by atoms with Gasteiger partial charge in [0.1, 0.15) is 11.5 Å². The van der Waals surface area contributed by atoms with Crippen LogP contribution in [0.15, 0.2) is 84.9 Å². The summed E-state index contributed by atoms with van der Waals surface area (Å²) in [6, 6.07) is 28.1. The number of benzene rings is 7. The number of hydrogen-bond donors (Lipinski definition) is 0. The number of unbranched alkanes of at least 4 members (excludes halogenated alkanes) is 8. The molecule has 0 saturated heterocycles. The van der Waals surface area contributed by atoms with E-state index in [1.807, 2.05) is 0 Å². The first-order valence-electron chi connectivity index (χ1n) is 21.6. The van der Waals surface area contributed by atoms with Crippen LogP contribution in [0.2, 0.25) is 0 Å². The molecule has 0 spiro atoms. The number of carbonyl (C=O) groups is 4. The van der Waals surface area contributed by atoms with Gasteiger partial charge in [-0.25, -0.2) is 9.80 Å². The maximum absolute atomic E-state index is 14.5. The van der Waals surface area contributed by atoms with E-state index < -0.39 is 23.6 Å². The first kappa shape index (κ1) is 40.1. The van der Waals surface area contributed by atoms with Crippen molar-refractivity contribution in [1.29, 1.82) is 10.5 Å². The topological polar surface area (TPSA) is 141 Å². The third-order valence-corrected chi connectivity index (χ3v) is 12.3. The number of hydrogen-bond acceptors (Lipinski definition) is 8. The van der Waals surface area contributed by atoms with Gasteiger partial charge in [-0.05, 0) is 102 Å². The van der Waals surface area contributed by atoms with E-state index in [1.165, 1.54) is 37.8 Å². The molecule has 9 rings (SSSR count). The van der Waals surface area contributed by atoms with Crippen molar-refractivity contribution in [1.82, 2.24) is 0 Å². The molecule has 0 unspecified atom stereocenters. The molecule has 7 aromatic carbocycles. The Morgan fingerprint density at radius 1 is 0.435 bits per heavy atom. The smallest absolute Gasteiger partial charge is 0.266 e. The number of rotatable bonds is 16. The lowest BCUT2D eigenvalue weighted by atomic mass is 9.79. The highest BCUT2D eigenvalue weighted by Gasteiger charge is 2.39. The fourth-order valence-electron chi connectivity index (χ4n) is 9.29. The summed E-state index contributed by atoms with van der Waals surface area (Å²) < 4.78 is 11.9. The molecule has 2 aliphatic heterocycles. The maximum atomic E-state index is 14.5. The Kier molecular flexibility index (Phi) is 10.8. The molecule has 0 N–H and O–H groups in total. The number of ether oxygens (including phenoxy) is 2. The summed E-state index contributed by atoms with van der Waals surface area (Å²) in [4.78, 5) is 59.9. The molecule has 62 heavy (non-hydrogen) atoms. The lowest BCUT2D eigenvalue weighted by Gasteiger charge is -2.30. The predicted molar refractivity (Wildman–Crippen MR) is 241 cm³/mol. The molecule has 10 heteroatoms. The van der Waals surface area contributed by atoms with Gasteiger partial charge < -0.3 is 9.47 Å². The summed E-state index contributed by atoms with van der Waals surface area (Å²) >= 11 is 0. The summed E-state index contributed by atoms with van der Waals surface area (Å²) in [6.45, 7) is 5.50. The normalized spacial score (nSPS) is 13.5. The minimum absolute atomic E-state index is 0.157. The predicted octanol–water partition coefficient (Wildman–Crippen LogP) is 11.8. The van der Waals surface area contributed by atoms with Crippen LogP contribution >= 0.6 is 0 Å². The summed E-state index contributed by atoms with van der Waals surface area (Å²) in [7, 11) is 0. The molecule has 0 aromatic heterocycles. The molecule has 308 valence electrons. The van der Waals surface area contributed by atoms with Crippen LogP contribution < -0.4 is 19.3 Å². The Balaban J connectivity index is 1.11. The maximum Gasteiger partial charge on any atom is 0.266 e. The van der Waals surface area contributed by atoms with Crippen LogP contribution in [0.25, 0.3) is 43.1 Å². The molecule has 2 heterocycles. The van der Waals surface area contributed by atoms with E-state index in [0.717, 1.165) is 48.3 Å². The average molecular weight is 821 g/mol. The molecular weight excluding hydrogens is 777 g/mol. The zero-order chi connectivity index (χ0) is 43.1. The number of amides is 4. The van der Waals surface area contributed by atoms with E-state index in [9.17, 15) is 29.7 Å². The summed E-state index contributed by atoms with van der Waals surface area (Å²) in [5.74, 6) is -0.937. The van der Waals surface area contributed by atoms with E-state index in [0.29, 0.717) is 90.3 Å². The lowest BCUT2D eigenvalue weighted by molar-refractivity contribution is 0.0877. The molecule has 0 atom stereocenters. The second kappa shape index (κ2) is 16.6. The van der Waals surface area contributed by atoms with E-state index >= 15 is 0 Å². The monoisotopic (exact) mass is 820 g/mol. The van der Waals surface area contributed by atoms with Gasteiger partial charge in [0.2, 0.25) is 0 Å². The minimum atomic E-state index is -0.597. The molecule has 0 saturated carbocycles. The molecule has 2 aliphatic rings. The molecule has 4 amide bonds. The molecule has 0 aliphatic carbocycles. The van der Waals surface area contributed by atoms with Gasteiger partial charge in [0.05, 0.1) is 59.0 Å². The first-order chi connectivity index (χ1) is 30.3.